The molecule has 0 fully saturated rings. The molecule has 0 spiro atoms. The largest absolute Gasteiger partial charge is 0.383 e. The van der Waals surface area contributed by atoms with Crippen molar-refractivity contribution >= 4 is 21.9 Å². The van der Waals surface area contributed by atoms with Crippen LogP contribution in [-0.4, -0.2) is 29.3 Å². The zero-order valence-electron chi connectivity index (χ0n) is 10.7. The molecular formula is C13H15BrFN3O. The number of nitrogens with zero attached hydrogens (tertiary/aromatic N) is 2. The monoisotopic (exact) mass is 327 g/mol. The van der Waals surface area contributed by atoms with Crippen LogP contribution in [0.5, 0.6) is 0 Å². The summed E-state index contributed by atoms with van der Waals surface area (Å²) in [4.78, 5) is 4.24. The number of hydrogen-bond acceptors (Lipinski definition) is 3. The van der Waals surface area contributed by atoms with Crippen LogP contribution in [0.1, 0.15) is 6.92 Å². The number of ether oxygens (including phenoxy) is 1. The van der Waals surface area contributed by atoms with Crippen molar-refractivity contribution in [2.24, 2.45) is 0 Å². The number of anilines is 1. The van der Waals surface area contributed by atoms with Crippen molar-refractivity contribution in [2.75, 3.05) is 19.0 Å². The fraction of sp³-hybridized carbons (Fsp3) is 0.308. The van der Waals surface area contributed by atoms with E-state index in [4.69, 9.17) is 4.74 Å². The first kappa shape index (κ1) is 14.0. The lowest BCUT2D eigenvalue weighted by atomic mass is 10.3. The number of halogens is 2. The van der Waals surface area contributed by atoms with Crippen LogP contribution < -0.4 is 5.32 Å². The molecule has 102 valence electrons. The molecule has 0 aliphatic rings. The van der Waals surface area contributed by atoms with Gasteiger partial charge in [0.05, 0.1) is 12.3 Å². The van der Waals surface area contributed by atoms with Gasteiger partial charge in [0, 0.05) is 30.0 Å². The second kappa shape index (κ2) is 6.16. The van der Waals surface area contributed by atoms with Gasteiger partial charge in [-0.15, -0.1) is 0 Å². The molecule has 6 heteroatoms. The maximum Gasteiger partial charge on any atom is 0.207 e. The Hall–Kier alpha value is -1.40. The lowest BCUT2D eigenvalue weighted by Crippen LogP contribution is -2.22. The van der Waals surface area contributed by atoms with Gasteiger partial charge in [0.1, 0.15) is 5.82 Å². The molecule has 1 aromatic heterocycles. The Balaban J connectivity index is 2.31. The van der Waals surface area contributed by atoms with E-state index in [-0.39, 0.29) is 11.9 Å². The van der Waals surface area contributed by atoms with Crippen molar-refractivity contribution in [2.45, 2.75) is 13.0 Å². The fourth-order valence-electron chi connectivity index (χ4n) is 1.79. The quantitative estimate of drug-likeness (QED) is 0.916. The molecule has 2 rings (SSSR count). The fourth-order valence-corrected chi connectivity index (χ4v) is 2.22. The molecule has 19 heavy (non-hydrogen) atoms. The molecule has 1 atom stereocenters. The van der Waals surface area contributed by atoms with Crippen molar-refractivity contribution in [3.05, 3.63) is 40.9 Å². The van der Waals surface area contributed by atoms with Crippen molar-refractivity contribution < 1.29 is 9.13 Å². The minimum atomic E-state index is -0.289. The average Bonchev–Trinajstić information content (AvgIpc) is 2.80. The summed E-state index contributed by atoms with van der Waals surface area (Å²) in [5.41, 5.74) is 0.699. The van der Waals surface area contributed by atoms with Crippen LogP contribution in [0.15, 0.2) is 35.1 Å². The predicted octanol–water partition coefficient (Wildman–Crippen LogP) is 3.22. The third-order valence-corrected chi connectivity index (χ3v) is 3.27. The van der Waals surface area contributed by atoms with Crippen molar-refractivity contribution in [3.63, 3.8) is 0 Å². The van der Waals surface area contributed by atoms with Gasteiger partial charge in [-0.1, -0.05) is 0 Å². The highest BCUT2D eigenvalue weighted by Crippen LogP contribution is 2.24. The van der Waals surface area contributed by atoms with E-state index in [1.807, 2.05) is 6.92 Å². The van der Waals surface area contributed by atoms with E-state index in [1.54, 1.807) is 30.1 Å². The molecule has 1 aromatic carbocycles. The number of rotatable bonds is 5. The molecule has 1 unspecified atom stereocenters. The molecule has 0 aliphatic carbocycles. The summed E-state index contributed by atoms with van der Waals surface area (Å²) < 4.78 is 21.0. The Labute approximate surface area is 119 Å². The molecule has 1 N–H and O–H groups in total. The number of methoxy groups -OCH3 is 1. The lowest BCUT2D eigenvalue weighted by Gasteiger charge is -2.16. The van der Waals surface area contributed by atoms with Crippen molar-refractivity contribution in [1.82, 2.24) is 9.55 Å². The van der Waals surface area contributed by atoms with Crippen molar-refractivity contribution in [3.8, 4) is 5.69 Å². The summed E-state index contributed by atoms with van der Waals surface area (Å²) in [5.74, 6) is 0.360. The number of imidazole rings is 1. The predicted molar refractivity (Wildman–Crippen MR) is 76.2 cm³/mol. The molecule has 0 radical (unpaired) electrons. The number of aromatic nitrogens is 2. The van der Waals surface area contributed by atoms with E-state index in [9.17, 15) is 4.39 Å². The maximum absolute atomic E-state index is 13.4. The van der Waals surface area contributed by atoms with Crippen LogP contribution in [0.4, 0.5) is 10.3 Å². The summed E-state index contributed by atoms with van der Waals surface area (Å²) >= 11 is 3.42. The first-order valence-electron chi connectivity index (χ1n) is 5.86. The lowest BCUT2D eigenvalue weighted by molar-refractivity contribution is 0.190. The maximum atomic E-state index is 13.4. The molecule has 0 bridgehead atoms. The Morgan fingerprint density at radius 1 is 1.53 bits per heavy atom. The van der Waals surface area contributed by atoms with Gasteiger partial charge >= 0.3 is 0 Å². The first-order chi connectivity index (χ1) is 9.11. The average molecular weight is 328 g/mol. The van der Waals surface area contributed by atoms with E-state index in [0.717, 1.165) is 4.47 Å². The van der Waals surface area contributed by atoms with Crippen LogP contribution in [0.2, 0.25) is 0 Å². The molecule has 0 saturated heterocycles. The molecule has 0 amide bonds. The minimum absolute atomic E-state index is 0.110. The van der Waals surface area contributed by atoms with Crippen molar-refractivity contribution in [1.29, 1.82) is 0 Å². The normalized spacial score (nSPS) is 12.4. The zero-order chi connectivity index (χ0) is 13.8. The third kappa shape index (κ3) is 3.33. The summed E-state index contributed by atoms with van der Waals surface area (Å²) in [6.07, 6.45) is 3.45. The topological polar surface area (TPSA) is 39.1 Å². The smallest absolute Gasteiger partial charge is 0.207 e. The van der Waals surface area contributed by atoms with Gasteiger partial charge in [-0.3, -0.25) is 4.57 Å². The Morgan fingerprint density at radius 2 is 2.32 bits per heavy atom. The Morgan fingerprint density at radius 3 is 3.05 bits per heavy atom. The standard InChI is InChI=1S/C13H15BrFN3O/c1-9(8-19-2)17-13-16-5-6-18(13)12-7-10(15)3-4-11(12)14/h3-7,9H,8H2,1-2H3,(H,16,17). The molecule has 0 aliphatic heterocycles. The Bertz CT molecular complexity index is 559. The highest BCUT2D eigenvalue weighted by atomic mass is 79.9. The molecular weight excluding hydrogens is 313 g/mol. The summed E-state index contributed by atoms with van der Waals surface area (Å²) in [5, 5.41) is 3.22. The third-order valence-electron chi connectivity index (χ3n) is 2.60. The van der Waals surface area contributed by atoms with E-state index in [0.29, 0.717) is 18.2 Å². The van der Waals surface area contributed by atoms with E-state index < -0.39 is 0 Å². The molecule has 2 aromatic rings. The van der Waals surface area contributed by atoms with Crippen LogP contribution in [0, 0.1) is 5.82 Å². The molecule has 1 heterocycles. The van der Waals surface area contributed by atoms with Crippen LogP contribution in [0.25, 0.3) is 5.69 Å². The zero-order valence-corrected chi connectivity index (χ0v) is 12.3. The first-order valence-corrected chi connectivity index (χ1v) is 6.65. The minimum Gasteiger partial charge on any atom is -0.383 e. The van der Waals surface area contributed by atoms with Gasteiger partial charge in [0.15, 0.2) is 0 Å². The van der Waals surface area contributed by atoms with Gasteiger partial charge in [0.25, 0.3) is 0 Å². The van der Waals surface area contributed by atoms with Gasteiger partial charge in [0.2, 0.25) is 5.95 Å². The van der Waals surface area contributed by atoms with E-state index >= 15 is 0 Å². The second-order valence-electron chi connectivity index (χ2n) is 4.22. The van der Waals surface area contributed by atoms with Gasteiger partial charge in [-0.2, -0.15) is 0 Å². The highest BCUT2D eigenvalue weighted by Gasteiger charge is 2.11. The number of hydrogen-bond donors (Lipinski definition) is 1. The van der Waals surface area contributed by atoms with E-state index in [2.05, 4.69) is 26.2 Å². The number of nitrogens with one attached hydrogen (secondary N) is 1. The number of benzene rings is 1. The van der Waals surface area contributed by atoms with Crippen LogP contribution in [0.3, 0.4) is 0 Å². The molecule has 4 nitrogen and oxygen atoms in total. The summed E-state index contributed by atoms with van der Waals surface area (Å²) in [6, 6.07) is 4.65. The van der Waals surface area contributed by atoms with Gasteiger partial charge in [-0.05, 0) is 41.1 Å². The Kier molecular flexibility index (Phi) is 4.55. The van der Waals surface area contributed by atoms with Gasteiger partial charge < -0.3 is 10.1 Å². The van der Waals surface area contributed by atoms with Crippen LogP contribution >= 0.6 is 15.9 Å². The summed E-state index contributed by atoms with van der Waals surface area (Å²) in [6.45, 7) is 2.56. The van der Waals surface area contributed by atoms with E-state index in [1.165, 1.54) is 12.1 Å². The highest BCUT2D eigenvalue weighted by molar-refractivity contribution is 9.10. The van der Waals surface area contributed by atoms with Gasteiger partial charge in [-0.25, -0.2) is 9.37 Å². The second-order valence-corrected chi connectivity index (χ2v) is 5.07. The molecule has 0 saturated carbocycles. The van der Waals surface area contributed by atoms with Crippen LogP contribution in [-0.2, 0) is 4.74 Å². The SMILES string of the molecule is COCC(C)Nc1nccn1-c1cc(F)ccc1Br. The summed E-state index contributed by atoms with van der Waals surface area (Å²) in [7, 11) is 1.65.